The van der Waals surface area contributed by atoms with Crippen molar-refractivity contribution in [3.8, 4) is 34.0 Å². The molecule has 30 heavy (non-hydrogen) atoms. The number of halogens is 2. The molecule has 0 aliphatic rings. The van der Waals surface area contributed by atoms with Crippen molar-refractivity contribution in [1.29, 1.82) is 0 Å². The molecule has 0 atom stereocenters. The largest absolute Gasteiger partial charge is 0.494 e. The molecule has 0 fully saturated rings. The maximum atomic E-state index is 12.9. The van der Waals surface area contributed by atoms with Crippen molar-refractivity contribution in [3.05, 3.63) is 60.9 Å². The standard InChI is InChI=1S/C22H18F2N4O2/c1-25-21-16-10-14(15-7-3-4-8-17(15)30-22(23)24)11-18(29-2)19(16)27-20(28-21)13-6-5-9-26-12-13/h3-12,22H,1-2H3,(H,25,27,28). The zero-order valence-corrected chi connectivity index (χ0v) is 16.3. The molecule has 2 aromatic heterocycles. The highest BCUT2D eigenvalue weighted by Gasteiger charge is 2.17. The van der Waals surface area contributed by atoms with Gasteiger partial charge in [-0.2, -0.15) is 8.78 Å². The highest BCUT2D eigenvalue weighted by molar-refractivity contribution is 5.98. The van der Waals surface area contributed by atoms with E-state index in [0.717, 1.165) is 5.56 Å². The van der Waals surface area contributed by atoms with Crippen molar-refractivity contribution in [1.82, 2.24) is 15.0 Å². The predicted octanol–water partition coefficient (Wildman–Crippen LogP) is 5.01. The Morgan fingerprint density at radius 1 is 0.967 bits per heavy atom. The molecule has 0 aliphatic heterocycles. The number of pyridine rings is 1. The minimum Gasteiger partial charge on any atom is -0.494 e. The van der Waals surface area contributed by atoms with Crippen LogP contribution in [-0.4, -0.2) is 35.7 Å². The molecule has 4 rings (SSSR count). The van der Waals surface area contributed by atoms with Gasteiger partial charge in [-0.15, -0.1) is 0 Å². The van der Waals surface area contributed by atoms with Crippen molar-refractivity contribution in [2.75, 3.05) is 19.5 Å². The summed E-state index contributed by atoms with van der Waals surface area (Å²) >= 11 is 0. The fourth-order valence-corrected chi connectivity index (χ4v) is 3.23. The summed E-state index contributed by atoms with van der Waals surface area (Å²) in [5.74, 6) is 1.63. The molecule has 0 saturated carbocycles. The van der Waals surface area contributed by atoms with Gasteiger partial charge in [0.2, 0.25) is 0 Å². The maximum Gasteiger partial charge on any atom is 0.387 e. The fraction of sp³-hybridized carbons (Fsp3) is 0.136. The van der Waals surface area contributed by atoms with Crippen molar-refractivity contribution < 1.29 is 18.3 Å². The lowest BCUT2D eigenvalue weighted by atomic mass is 10.0. The van der Waals surface area contributed by atoms with Crippen LogP contribution in [-0.2, 0) is 0 Å². The Hall–Kier alpha value is -3.81. The number of fused-ring (bicyclic) bond motifs is 1. The Kier molecular flexibility index (Phi) is 5.38. The van der Waals surface area contributed by atoms with Gasteiger partial charge in [0.05, 0.1) is 7.11 Å². The van der Waals surface area contributed by atoms with Gasteiger partial charge in [-0.3, -0.25) is 4.98 Å². The third kappa shape index (κ3) is 3.71. The van der Waals surface area contributed by atoms with Crippen LogP contribution in [0.25, 0.3) is 33.4 Å². The number of para-hydroxylation sites is 1. The fourth-order valence-electron chi connectivity index (χ4n) is 3.23. The topological polar surface area (TPSA) is 69.2 Å². The van der Waals surface area contributed by atoms with Crippen molar-refractivity contribution in [2.24, 2.45) is 0 Å². The number of nitrogens with zero attached hydrogens (tertiary/aromatic N) is 3. The first-order chi connectivity index (χ1) is 14.6. The second-order valence-electron chi connectivity index (χ2n) is 6.34. The quantitative estimate of drug-likeness (QED) is 0.484. The van der Waals surface area contributed by atoms with E-state index in [0.29, 0.717) is 39.4 Å². The second kappa shape index (κ2) is 8.28. The van der Waals surface area contributed by atoms with Gasteiger partial charge in [0.15, 0.2) is 5.82 Å². The minimum absolute atomic E-state index is 0.0767. The summed E-state index contributed by atoms with van der Waals surface area (Å²) in [6, 6.07) is 13.9. The molecular formula is C22H18F2N4O2. The molecule has 1 N–H and O–H groups in total. The van der Waals surface area contributed by atoms with E-state index in [9.17, 15) is 8.78 Å². The zero-order chi connectivity index (χ0) is 21.1. The van der Waals surface area contributed by atoms with Gasteiger partial charge in [0.25, 0.3) is 0 Å². The average Bonchev–Trinajstić information content (AvgIpc) is 2.78. The number of aromatic nitrogens is 3. The predicted molar refractivity (Wildman–Crippen MR) is 111 cm³/mol. The molecule has 2 heterocycles. The lowest BCUT2D eigenvalue weighted by molar-refractivity contribution is -0.0494. The Bertz CT molecular complexity index is 1190. The van der Waals surface area contributed by atoms with Gasteiger partial charge in [0, 0.05) is 36.0 Å². The molecule has 0 bridgehead atoms. The van der Waals surface area contributed by atoms with E-state index in [1.54, 1.807) is 43.7 Å². The van der Waals surface area contributed by atoms with Gasteiger partial charge in [-0.1, -0.05) is 18.2 Å². The number of alkyl halides is 2. The van der Waals surface area contributed by atoms with Gasteiger partial charge >= 0.3 is 6.61 Å². The smallest absolute Gasteiger partial charge is 0.387 e. The summed E-state index contributed by atoms with van der Waals surface area (Å²) in [6.45, 7) is -2.92. The van der Waals surface area contributed by atoms with Crippen molar-refractivity contribution >= 4 is 16.7 Å². The van der Waals surface area contributed by atoms with Crippen LogP contribution in [0.4, 0.5) is 14.6 Å². The number of methoxy groups -OCH3 is 1. The summed E-state index contributed by atoms with van der Waals surface area (Å²) in [5, 5.41) is 3.77. The van der Waals surface area contributed by atoms with E-state index in [2.05, 4.69) is 20.3 Å². The zero-order valence-electron chi connectivity index (χ0n) is 16.3. The van der Waals surface area contributed by atoms with Crippen LogP contribution in [0.15, 0.2) is 60.9 Å². The summed E-state index contributed by atoms with van der Waals surface area (Å²) in [5.41, 5.74) is 2.51. The van der Waals surface area contributed by atoms with Crippen LogP contribution in [0.2, 0.25) is 0 Å². The number of benzene rings is 2. The maximum absolute atomic E-state index is 12.9. The van der Waals surface area contributed by atoms with E-state index in [1.165, 1.54) is 13.2 Å². The molecule has 4 aromatic rings. The average molecular weight is 408 g/mol. The summed E-state index contributed by atoms with van der Waals surface area (Å²) in [4.78, 5) is 13.4. The van der Waals surface area contributed by atoms with E-state index in [1.807, 2.05) is 18.2 Å². The van der Waals surface area contributed by atoms with Gasteiger partial charge < -0.3 is 14.8 Å². The van der Waals surface area contributed by atoms with Crippen LogP contribution >= 0.6 is 0 Å². The molecule has 0 saturated heterocycles. The normalized spacial score (nSPS) is 11.0. The molecule has 8 heteroatoms. The van der Waals surface area contributed by atoms with E-state index in [4.69, 9.17) is 9.47 Å². The van der Waals surface area contributed by atoms with Gasteiger partial charge in [-0.05, 0) is 35.9 Å². The molecule has 0 radical (unpaired) electrons. The number of nitrogens with one attached hydrogen (secondary N) is 1. The molecule has 152 valence electrons. The third-order valence-electron chi connectivity index (χ3n) is 4.56. The van der Waals surface area contributed by atoms with Crippen LogP contribution < -0.4 is 14.8 Å². The second-order valence-corrected chi connectivity index (χ2v) is 6.34. The molecule has 2 aromatic carbocycles. The van der Waals surface area contributed by atoms with E-state index in [-0.39, 0.29) is 5.75 Å². The SMILES string of the molecule is CNc1nc(-c2cccnc2)nc2c(OC)cc(-c3ccccc3OC(F)F)cc12. The van der Waals surface area contributed by atoms with Crippen LogP contribution in [0.1, 0.15) is 0 Å². The Morgan fingerprint density at radius 3 is 2.50 bits per heavy atom. The van der Waals surface area contributed by atoms with Crippen LogP contribution in [0, 0.1) is 0 Å². The van der Waals surface area contributed by atoms with Crippen LogP contribution in [0.3, 0.4) is 0 Å². The molecule has 0 unspecified atom stereocenters. The van der Waals surface area contributed by atoms with E-state index < -0.39 is 6.61 Å². The van der Waals surface area contributed by atoms with E-state index >= 15 is 0 Å². The highest BCUT2D eigenvalue weighted by atomic mass is 19.3. The van der Waals surface area contributed by atoms with Crippen molar-refractivity contribution in [2.45, 2.75) is 6.61 Å². The Morgan fingerprint density at radius 2 is 1.80 bits per heavy atom. The first-order valence-electron chi connectivity index (χ1n) is 9.13. The molecule has 0 amide bonds. The highest BCUT2D eigenvalue weighted by Crippen LogP contribution is 2.38. The third-order valence-corrected chi connectivity index (χ3v) is 4.56. The lowest BCUT2D eigenvalue weighted by Crippen LogP contribution is -2.03. The molecular weight excluding hydrogens is 390 g/mol. The Labute approximate surface area is 171 Å². The number of hydrogen-bond donors (Lipinski definition) is 1. The number of anilines is 1. The Balaban J connectivity index is 1.94. The first kappa shape index (κ1) is 19.5. The minimum atomic E-state index is -2.92. The first-order valence-corrected chi connectivity index (χ1v) is 9.13. The van der Waals surface area contributed by atoms with Gasteiger partial charge in [0.1, 0.15) is 22.8 Å². The number of rotatable bonds is 6. The summed E-state index contributed by atoms with van der Waals surface area (Å²) in [7, 11) is 3.28. The number of ether oxygens (including phenoxy) is 2. The monoisotopic (exact) mass is 408 g/mol. The lowest BCUT2D eigenvalue weighted by Gasteiger charge is -2.15. The molecule has 6 nitrogen and oxygen atoms in total. The molecule has 0 spiro atoms. The molecule has 0 aliphatic carbocycles. The van der Waals surface area contributed by atoms with Crippen LogP contribution in [0.5, 0.6) is 11.5 Å². The van der Waals surface area contributed by atoms with Gasteiger partial charge in [-0.25, -0.2) is 9.97 Å². The summed E-state index contributed by atoms with van der Waals surface area (Å²) < 4.78 is 36.0. The number of hydrogen-bond acceptors (Lipinski definition) is 6. The van der Waals surface area contributed by atoms with Crippen molar-refractivity contribution in [3.63, 3.8) is 0 Å². The summed E-state index contributed by atoms with van der Waals surface area (Å²) in [6.07, 6.45) is 3.36.